The van der Waals surface area contributed by atoms with Crippen molar-refractivity contribution < 1.29 is 9.59 Å². The van der Waals surface area contributed by atoms with Crippen LogP contribution in [0, 0.1) is 12.8 Å². The van der Waals surface area contributed by atoms with E-state index in [1.54, 1.807) is 6.20 Å². The zero-order chi connectivity index (χ0) is 18.5. The fourth-order valence-corrected chi connectivity index (χ4v) is 4.14. The molecule has 1 saturated heterocycles. The van der Waals surface area contributed by atoms with E-state index >= 15 is 0 Å². The Morgan fingerprint density at radius 1 is 1.27 bits per heavy atom. The van der Waals surface area contributed by atoms with Crippen LogP contribution in [0.4, 0.5) is 4.79 Å². The van der Waals surface area contributed by atoms with Gasteiger partial charge in [0.1, 0.15) is 11.2 Å². The molecule has 0 aromatic carbocycles. The molecule has 136 valence electrons. The van der Waals surface area contributed by atoms with Crippen LogP contribution in [0.25, 0.3) is 5.65 Å². The quantitative estimate of drug-likeness (QED) is 0.836. The number of nitrogens with zero attached hydrogens (tertiary/aromatic N) is 3. The van der Waals surface area contributed by atoms with Gasteiger partial charge in [-0.25, -0.2) is 9.78 Å². The molecule has 26 heavy (non-hydrogen) atoms. The lowest BCUT2D eigenvalue weighted by Crippen LogP contribution is -2.53. The predicted molar refractivity (Wildman–Crippen MR) is 95.6 cm³/mol. The fraction of sp³-hybridized carbons (Fsp3) is 0.474. The Morgan fingerprint density at radius 3 is 2.85 bits per heavy atom. The molecule has 3 heterocycles. The minimum atomic E-state index is -0.794. The summed E-state index contributed by atoms with van der Waals surface area (Å²) in [5.41, 5.74) is 0.902. The van der Waals surface area contributed by atoms with Gasteiger partial charge in [0, 0.05) is 12.3 Å². The number of imide groups is 1. The van der Waals surface area contributed by atoms with Gasteiger partial charge >= 0.3 is 6.03 Å². The molecule has 1 aliphatic carbocycles. The van der Waals surface area contributed by atoms with Crippen molar-refractivity contribution in [3.63, 3.8) is 0 Å². The number of aryl methyl sites for hydroxylation is 1. The molecule has 2 fully saturated rings. The Morgan fingerprint density at radius 2 is 2.08 bits per heavy atom. The van der Waals surface area contributed by atoms with Gasteiger partial charge in [-0.15, -0.1) is 0 Å². The number of amides is 3. The van der Waals surface area contributed by atoms with Crippen molar-refractivity contribution in [3.05, 3.63) is 46.0 Å². The average Bonchev–Trinajstić information content (AvgIpc) is 2.82. The topological polar surface area (TPSA) is 83.8 Å². The summed E-state index contributed by atoms with van der Waals surface area (Å²) < 4.78 is 1.45. The van der Waals surface area contributed by atoms with Crippen molar-refractivity contribution in [2.75, 3.05) is 0 Å². The minimum absolute atomic E-state index is 0.0127. The summed E-state index contributed by atoms with van der Waals surface area (Å²) in [6, 6.07) is 4.64. The Hall–Kier alpha value is -2.70. The zero-order valence-electron chi connectivity index (χ0n) is 15.0. The van der Waals surface area contributed by atoms with Gasteiger partial charge in [-0.3, -0.25) is 18.9 Å². The van der Waals surface area contributed by atoms with Gasteiger partial charge < -0.3 is 5.32 Å². The van der Waals surface area contributed by atoms with Crippen LogP contribution in [0.1, 0.15) is 43.9 Å². The van der Waals surface area contributed by atoms with Crippen LogP contribution in [0.15, 0.2) is 29.2 Å². The van der Waals surface area contributed by atoms with Gasteiger partial charge in [-0.2, -0.15) is 0 Å². The molecule has 7 heteroatoms. The highest BCUT2D eigenvalue weighted by Gasteiger charge is 2.54. The molecule has 1 aliphatic heterocycles. The van der Waals surface area contributed by atoms with Crippen LogP contribution in [-0.4, -0.2) is 31.8 Å². The van der Waals surface area contributed by atoms with Crippen molar-refractivity contribution in [1.29, 1.82) is 0 Å². The molecule has 2 aromatic rings. The van der Waals surface area contributed by atoms with E-state index in [0.29, 0.717) is 17.8 Å². The van der Waals surface area contributed by atoms with E-state index < -0.39 is 11.6 Å². The summed E-state index contributed by atoms with van der Waals surface area (Å²) in [4.78, 5) is 43.5. The van der Waals surface area contributed by atoms with E-state index in [1.165, 1.54) is 15.4 Å². The van der Waals surface area contributed by atoms with Crippen molar-refractivity contribution in [2.24, 2.45) is 5.92 Å². The number of rotatable bonds is 2. The number of aromatic nitrogens is 2. The summed E-state index contributed by atoms with van der Waals surface area (Å²) in [5.74, 6) is -0.0866. The molecule has 0 unspecified atom stereocenters. The standard InChI is InChI=1S/C19H22N4O3/c1-12-6-8-22-15(9-12)20-14(10-16(22)24)11-23-17(25)19(21-18(23)26)7-4-3-5-13(19)2/h6,8-10,13H,3-5,7,11H2,1-2H3,(H,21,26)/t13-,19+/m0/s1. The number of fused-ring (bicyclic) bond motifs is 1. The van der Waals surface area contributed by atoms with E-state index in [1.807, 2.05) is 26.0 Å². The smallest absolute Gasteiger partial charge is 0.323 e. The third-order valence-corrected chi connectivity index (χ3v) is 5.70. The highest BCUT2D eigenvalue weighted by atomic mass is 16.2. The second kappa shape index (κ2) is 5.93. The monoisotopic (exact) mass is 354 g/mol. The minimum Gasteiger partial charge on any atom is -0.323 e. The van der Waals surface area contributed by atoms with E-state index in [9.17, 15) is 14.4 Å². The number of pyridine rings is 1. The average molecular weight is 354 g/mol. The lowest BCUT2D eigenvalue weighted by atomic mass is 9.73. The predicted octanol–water partition coefficient (Wildman–Crippen LogP) is 2.00. The lowest BCUT2D eigenvalue weighted by Gasteiger charge is -2.36. The zero-order valence-corrected chi connectivity index (χ0v) is 15.0. The maximum atomic E-state index is 13.0. The van der Waals surface area contributed by atoms with Crippen LogP contribution in [-0.2, 0) is 11.3 Å². The summed E-state index contributed by atoms with van der Waals surface area (Å²) in [7, 11) is 0. The molecule has 3 amide bonds. The second-order valence-corrected chi connectivity index (χ2v) is 7.46. The molecule has 4 rings (SSSR count). The van der Waals surface area contributed by atoms with Crippen LogP contribution in [0.5, 0.6) is 0 Å². The first-order valence-corrected chi connectivity index (χ1v) is 9.04. The van der Waals surface area contributed by atoms with Crippen molar-refractivity contribution >= 4 is 17.6 Å². The van der Waals surface area contributed by atoms with E-state index in [0.717, 1.165) is 24.8 Å². The Balaban J connectivity index is 1.67. The van der Waals surface area contributed by atoms with Gasteiger partial charge in [0.05, 0.1) is 12.2 Å². The number of hydrogen-bond acceptors (Lipinski definition) is 4. The number of hydrogen-bond donors (Lipinski definition) is 1. The molecule has 2 atom stereocenters. The summed E-state index contributed by atoms with van der Waals surface area (Å²) >= 11 is 0. The van der Waals surface area contributed by atoms with Gasteiger partial charge in [0.25, 0.3) is 11.5 Å². The van der Waals surface area contributed by atoms with Crippen LogP contribution >= 0.6 is 0 Å². The Kier molecular flexibility index (Phi) is 3.82. The fourth-order valence-electron chi connectivity index (χ4n) is 4.14. The van der Waals surface area contributed by atoms with Crippen LogP contribution in [0.3, 0.4) is 0 Å². The highest BCUT2D eigenvalue weighted by molar-refractivity contribution is 6.07. The Bertz CT molecular complexity index is 967. The molecule has 0 bridgehead atoms. The third kappa shape index (κ3) is 2.50. The molecule has 7 nitrogen and oxygen atoms in total. The summed E-state index contributed by atoms with van der Waals surface area (Å²) in [5, 5.41) is 2.93. The van der Waals surface area contributed by atoms with E-state index in [-0.39, 0.29) is 23.9 Å². The lowest BCUT2D eigenvalue weighted by molar-refractivity contribution is -0.134. The largest absolute Gasteiger partial charge is 0.325 e. The van der Waals surface area contributed by atoms with Crippen molar-refractivity contribution in [2.45, 2.75) is 51.6 Å². The first-order chi connectivity index (χ1) is 12.4. The van der Waals surface area contributed by atoms with Gasteiger partial charge in [0.15, 0.2) is 0 Å². The first kappa shape index (κ1) is 16.8. The normalized spacial score (nSPS) is 25.9. The van der Waals surface area contributed by atoms with Crippen LogP contribution < -0.4 is 10.9 Å². The number of urea groups is 1. The van der Waals surface area contributed by atoms with Gasteiger partial charge in [0.2, 0.25) is 0 Å². The van der Waals surface area contributed by atoms with Gasteiger partial charge in [-0.1, -0.05) is 19.8 Å². The summed E-state index contributed by atoms with van der Waals surface area (Å²) in [6.07, 6.45) is 5.28. The van der Waals surface area contributed by atoms with Crippen LogP contribution in [0.2, 0.25) is 0 Å². The van der Waals surface area contributed by atoms with Crippen molar-refractivity contribution in [1.82, 2.24) is 19.6 Å². The van der Waals surface area contributed by atoms with E-state index in [4.69, 9.17) is 0 Å². The summed E-state index contributed by atoms with van der Waals surface area (Å²) in [6.45, 7) is 3.95. The Labute approximate surface area is 151 Å². The highest BCUT2D eigenvalue weighted by Crippen LogP contribution is 2.38. The molecular weight excluding hydrogens is 332 g/mol. The number of carbonyl (C=O) groups is 2. The molecule has 2 aromatic heterocycles. The van der Waals surface area contributed by atoms with Gasteiger partial charge in [-0.05, 0) is 43.4 Å². The first-order valence-electron chi connectivity index (χ1n) is 9.04. The molecule has 1 N–H and O–H groups in total. The molecule has 1 spiro atoms. The SMILES string of the molecule is Cc1ccn2c(=O)cc(CN3C(=O)N[C@@]4(CCCC[C@@H]4C)C3=O)nc2c1. The van der Waals surface area contributed by atoms with E-state index in [2.05, 4.69) is 10.3 Å². The number of nitrogens with one attached hydrogen (secondary N) is 1. The maximum Gasteiger partial charge on any atom is 0.325 e. The maximum absolute atomic E-state index is 13.0. The molecule has 1 saturated carbocycles. The number of carbonyl (C=O) groups excluding carboxylic acids is 2. The van der Waals surface area contributed by atoms with Crippen molar-refractivity contribution in [3.8, 4) is 0 Å². The molecular formula is C19H22N4O3. The second-order valence-electron chi connectivity index (χ2n) is 7.46. The molecule has 0 radical (unpaired) electrons. The molecule has 2 aliphatic rings. The third-order valence-electron chi connectivity index (χ3n) is 5.70.